The van der Waals surface area contributed by atoms with Gasteiger partial charge in [-0.3, -0.25) is 19.3 Å². The molecule has 0 spiro atoms. The highest BCUT2D eigenvalue weighted by Gasteiger charge is 2.30. The van der Waals surface area contributed by atoms with E-state index in [1.165, 1.54) is 6.07 Å². The standard InChI is InChI=1S/C14H16N4O4S/c19-12(17-10-5-3-7-15-14(10)20)8-16-13-9-4-1-2-6-11(9)23(21,22)18-13/h1-2,4,6,10H,3,5,7-8H2,(H,15,20)(H,16,18)(H,17,19)/t10-/m1/s1. The average Bonchev–Trinajstić information content (AvgIpc) is 2.79. The first kappa shape index (κ1) is 15.5. The van der Waals surface area contributed by atoms with E-state index in [-0.39, 0.29) is 23.2 Å². The molecule has 2 aliphatic heterocycles. The molecule has 1 fully saturated rings. The summed E-state index contributed by atoms with van der Waals surface area (Å²) in [4.78, 5) is 27.7. The highest BCUT2D eigenvalue weighted by Crippen LogP contribution is 2.21. The zero-order valence-corrected chi connectivity index (χ0v) is 13.0. The maximum absolute atomic E-state index is 11.9. The predicted molar refractivity (Wildman–Crippen MR) is 82.3 cm³/mol. The fourth-order valence-corrected chi connectivity index (χ4v) is 3.80. The molecule has 0 radical (unpaired) electrons. The summed E-state index contributed by atoms with van der Waals surface area (Å²) in [5.74, 6) is -0.490. The molecule has 2 heterocycles. The number of fused-ring (bicyclic) bond motifs is 1. The van der Waals surface area contributed by atoms with Crippen LogP contribution in [0.2, 0.25) is 0 Å². The zero-order chi connectivity index (χ0) is 16.4. The first-order chi connectivity index (χ1) is 11.0. The summed E-state index contributed by atoms with van der Waals surface area (Å²) < 4.78 is 26.2. The fraction of sp³-hybridized carbons (Fsp3) is 0.357. The SMILES string of the molecule is O=C(CN=C1NS(=O)(=O)c2ccccc21)N[C@@H]1CCCNC1=O. The van der Waals surface area contributed by atoms with E-state index in [1.807, 2.05) is 0 Å². The first-order valence-electron chi connectivity index (χ1n) is 7.21. The number of aliphatic imine (C=N–C) groups is 1. The van der Waals surface area contributed by atoms with Crippen LogP contribution in [0.5, 0.6) is 0 Å². The number of rotatable bonds is 3. The van der Waals surface area contributed by atoms with E-state index in [1.54, 1.807) is 18.2 Å². The molecule has 122 valence electrons. The zero-order valence-electron chi connectivity index (χ0n) is 12.2. The maximum Gasteiger partial charge on any atom is 0.263 e. The second-order valence-electron chi connectivity index (χ2n) is 5.32. The lowest BCUT2D eigenvalue weighted by molar-refractivity contribution is -0.129. The molecule has 0 saturated carbocycles. The minimum absolute atomic E-state index is 0.142. The van der Waals surface area contributed by atoms with E-state index < -0.39 is 22.0 Å². The van der Waals surface area contributed by atoms with Crippen molar-refractivity contribution >= 4 is 27.7 Å². The Kier molecular flexibility index (Phi) is 4.03. The van der Waals surface area contributed by atoms with E-state index >= 15 is 0 Å². The van der Waals surface area contributed by atoms with Gasteiger partial charge in [0.2, 0.25) is 11.8 Å². The molecule has 2 aliphatic rings. The molecular formula is C14H16N4O4S. The van der Waals surface area contributed by atoms with E-state index in [4.69, 9.17) is 0 Å². The number of amidine groups is 1. The Morgan fingerprint density at radius 2 is 2.13 bits per heavy atom. The number of sulfonamides is 1. The largest absolute Gasteiger partial charge is 0.354 e. The van der Waals surface area contributed by atoms with Crippen molar-refractivity contribution in [2.45, 2.75) is 23.8 Å². The van der Waals surface area contributed by atoms with Crippen molar-refractivity contribution in [1.29, 1.82) is 0 Å². The first-order valence-corrected chi connectivity index (χ1v) is 8.69. The van der Waals surface area contributed by atoms with E-state index in [0.717, 1.165) is 6.42 Å². The van der Waals surface area contributed by atoms with Gasteiger partial charge in [0, 0.05) is 12.1 Å². The summed E-state index contributed by atoms with van der Waals surface area (Å²) in [6.07, 6.45) is 1.39. The normalized spacial score (nSPS) is 23.7. The molecular weight excluding hydrogens is 320 g/mol. The molecule has 0 bridgehead atoms. The molecule has 1 saturated heterocycles. The Morgan fingerprint density at radius 1 is 1.35 bits per heavy atom. The summed E-state index contributed by atoms with van der Waals surface area (Å²) in [7, 11) is -3.62. The number of hydrogen-bond donors (Lipinski definition) is 3. The summed E-state index contributed by atoms with van der Waals surface area (Å²) in [5.41, 5.74) is 0.440. The third-order valence-electron chi connectivity index (χ3n) is 3.66. The molecule has 8 nitrogen and oxygen atoms in total. The number of nitrogens with one attached hydrogen (secondary N) is 3. The number of nitrogens with zero attached hydrogens (tertiary/aromatic N) is 1. The smallest absolute Gasteiger partial charge is 0.263 e. The van der Waals surface area contributed by atoms with Crippen LogP contribution in [-0.4, -0.2) is 45.2 Å². The van der Waals surface area contributed by atoms with Crippen LogP contribution in [-0.2, 0) is 19.6 Å². The van der Waals surface area contributed by atoms with E-state index in [2.05, 4.69) is 20.3 Å². The van der Waals surface area contributed by atoms with Crippen molar-refractivity contribution in [3.8, 4) is 0 Å². The van der Waals surface area contributed by atoms with Gasteiger partial charge >= 0.3 is 0 Å². The Hall–Kier alpha value is -2.42. The Labute approximate surface area is 133 Å². The van der Waals surface area contributed by atoms with Gasteiger partial charge in [-0.25, -0.2) is 8.42 Å². The molecule has 0 aliphatic carbocycles. The van der Waals surface area contributed by atoms with Gasteiger partial charge in [0.15, 0.2) is 0 Å². The van der Waals surface area contributed by atoms with Gasteiger partial charge in [-0.05, 0) is 25.0 Å². The Morgan fingerprint density at radius 3 is 2.91 bits per heavy atom. The molecule has 1 atom stereocenters. The van der Waals surface area contributed by atoms with Crippen molar-refractivity contribution in [3.05, 3.63) is 29.8 Å². The third-order valence-corrected chi connectivity index (χ3v) is 5.06. The van der Waals surface area contributed by atoms with Gasteiger partial charge in [0.1, 0.15) is 18.4 Å². The van der Waals surface area contributed by atoms with Crippen molar-refractivity contribution in [1.82, 2.24) is 15.4 Å². The lowest BCUT2D eigenvalue weighted by Gasteiger charge is -2.22. The van der Waals surface area contributed by atoms with Crippen LogP contribution < -0.4 is 15.4 Å². The van der Waals surface area contributed by atoms with Gasteiger partial charge in [-0.1, -0.05) is 12.1 Å². The quantitative estimate of drug-likeness (QED) is 0.664. The van der Waals surface area contributed by atoms with Crippen LogP contribution in [0.4, 0.5) is 0 Å². The van der Waals surface area contributed by atoms with Gasteiger partial charge in [0.05, 0.1) is 4.90 Å². The number of amides is 2. The molecule has 9 heteroatoms. The monoisotopic (exact) mass is 336 g/mol. The molecule has 1 aromatic rings. The van der Waals surface area contributed by atoms with Gasteiger partial charge in [0.25, 0.3) is 10.0 Å². The van der Waals surface area contributed by atoms with Crippen LogP contribution in [0.15, 0.2) is 34.2 Å². The van der Waals surface area contributed by atoms with Crippen molar-refractivity contribution in [3.63, 3.8) is 0 Å². The van der Waals surface area contributed by atoms with Crippen LogP contribution in [0.25, 0.3) is 0 Å². The van der Waals surface area contributed by atoms with Gasteiger partial charge in [-0.2, -0.15) is 0 Å². The minimum atomic E-state index is -3.62. The summed E-state index contributed by atoms with van der Waals surface area (Å²) in [5, 5.41) is 5.28. The molecule has 3 N–H and O–H groups in total. The molecule has 0 unspecified atom stereocenters. The van der Waals surface area contributed by atoms with Gasteiger partial charge in [-0.15, -0.1) is 0 Å². The predicted octanol–water partition coefficient (Wildman–Crippen LogP) is -0.880. The highest BCUT2D eigenvalue weighted by molar-refractivity contribution is 7.90. The highest BCUT2D eigenvalue weighted by atomic mass is 32.2. The molecule has 3 rings (SSSR count). The number of carbonyl (C=O) groups excluding carboxylic acids is 2. The lowest BCUT2D eigenvalue weighted by Crippen LogP contribution is -2.50. The van der Waals surface area contributed by atoms with Gasteiger partial charge < -0.3 is 10.6 Å². The minimum Gasteiger partial charge on any atom is -0.354 e. The topological polar surface area (TPSA) is 117 Å². The van der Waals surface area contributed by atoms with Crippen LogP contribution in [0.3, 0.4) is 0 Å². The third kappa shape index (κ3) is 3.19. The second-order valence-corrected chi connectivity index (χ2v) is 6.97. The van der Waals surface area contributed by atoms with Crippen molar-refractivity contribution in [2.75, 3.05) is 13.1 Å². The maximum atomic E-state index is 11.9. The number of hydrogen-bond acceptors (Lipinski definition) is 5. The van der Waals surface area contributed by atoms with Crippen LogP contribution >= 0.6 is 0 Å². The summed E-state index contributed by atoms with van der Waals surface area (Å²) >= 11 is 0. The van der Waals surface area contributed by atoms with Crippen LogP contribution in [0.1, 0.15) is 18.4 Å². The molecule has 1 aromatic carbocycles. The van der Waals surface area contributed by atoms with Crippen molar-refractivity contribution < 1.29 is 18.0 Å². The number of carbonyl (C=O) groups is 2. The lowest BCUT2D eigenvalue weighted by atomic mass is 10.1. The van der Waals surface area contributed by atoms with E-state index in [0.29, 0.717) is 18.5 Å². The second kappa shape index (κ2) is 5.99. The number of benzene rings is 1. The fourth-order valence-electron chi connectivity index (χ4n) is 2.55. The molecule has 2 amide bonds. The Bertz CT molecular complexity index is 788. The number of piperidine rings is 1. The Balaban J connectivity index is 1.69. The van der Waals surface area contributed by atoms with Crippen molar-refractivity contribution in [2.24, 2.45) is 4.99 Å². The average molecular weight is 336 g/mol. The summed E-state index contributed by atoms with van der Waals surface area (Å²) in [6.45, 7) is 0.363. The van der Waals surface area contributed by atoms with E-state index in [9.17, 15) is 18.0 Å². The summed E-state index contributed by atoms with van der Waals surface area (Å²) in [6, 6.07) is 5.87. The molecule has 0 aromatic heterocycles. The molecule has 23 heavy (non-hydrogen) atoms. The van der Waals surface area contributed by atoms with Crippen LogP contribution in [0, 0.1) is 0 Å².